The molecule has 0 aliphatic carbocycles. The molecule has 0 spiro atoms. The lowest BCUT2D eigenvalue weighted by Crippen LogP contribution is -2.37. The molecule has 1 aliphatic rings. The lowest BCUT2D eigenvalue weighted by Gasteiger charge is -2.07. The largest absolute Gasteiger partial charge is 0.353 e. The number of hydrogen-bond donors (Lipinski definition) is 1. The van der Waals surface area contributed by atoms with Crippen LogP contribution in [0.15, 0.2) is 9.59 Å². The van der Waals surface area contributed by atoms with Crippen molar-refractivity contribution in [1.82, 2.24) is 18.7 Å². The Labute approximate surface area is 96.3 Å². The Morgan fingerprint density at radius 1 is 1.29 bits per heavy atom. The Kier molecular flexibility index (Phi) is 1.78. The predicted molar refractivity (Wildman–Crippen MR) is 63.4 cm³/mol. The number of aryl methyl sites for hydroxylation is 1. The molecule has 2 aromatic heterocycles. The van der Waals surface area contributed by atoms with Crippen molar-refractivity contribution in [3.8, 4) is 0 Å². The summed E-state index contributed by atoms with van der Waals surface area (Å²) < 4.78 is 4.37. The second-order valence-corrected chi connectivity index (χ2v) is 4.41. The van der Waals surface area contributed by atoms with Gasteiger partial charge >= 0.3 is 5.69 Å². The molecule has 1 atom stereocenters. The molecule has 0 saturated carbocycles. The van der Waals surface area contributed by atoms with E-state index in [1.165, 1.54) is 11.6 Å². The van der Waals surface area contributed by atoms with Crippen molar-refractivity contribution in [2.45, 2.75) is 13.0 Å². The van der Waals surface area contributed by atoms with Crippen molar-refractivity contribution in [2.75, 3.05) is 11.9 Å². The van der Waals surface area contributed by atoms with Crippen LogP contribution in [-0.4, -0.2) is 25.2 Å². The maximum absolute atomic E-state index is 12.1. The number of aromatic nitrogens is 4. The summed E-state index contributed by atoms with van der Waals surface area (Å²) in [5, 5.41) is 3.12. The van der Waals surface area contributed by atoms with E-state index in [-0.39, 0.29) is 17.3 Å². The smallest absolute Gasteiger partial charge is 0.332 e. The maximum Gasteiger partial charge on any atom is 0.332 e. The van der Waals surface area contributed by atoms with Gasteiger partial charge < -0.3 is 5.32 Å². The average Bonchev–Trinajstić information content (AvgIpc) is 2.84. The van der Waals surface area contributed by atoms with Gasteiger partial charge in [-0.15, -0.1) is 0 Å². The SMILES string of the molecule is C[C@@H]1CNc2nc3c(c(=O)n(C)c(=O)n3C)n21. The van der Waals surface area contributed by atoms with Crippen LogP contribution in [0.25, 0.3) is 11.2 Å². The van der Waals surface area contributed by atoms with E-state index in [0.717, 1.165) is 11.1 Å². The molecule has 0 fully saturated rings. The van der Waals surface area contributed by atoms with Crippen molar-refractivity contribution in [1.29, 1.82) is 0 Å². The molecule has 3 rings (SSSR count). The number of fused-ring (bicyclic) bond motifs is 3. The molecule has 0 saturated heterocycles. The fourth-order valence-corrected chi connectivity index (χ4v) is 2.30. The fraction of sp³-hybridized carbons (Fsp3) is 0.500. The van der Waals surface area contributed by atoms with Crippen LogP contribution >= 0.6 is 0 Å². The summed E-state index contributed by atoms with van der Waals surface area (Å²) in [6.45, 7) is 2.76. The van der Waals surface area contributed by atoms with Crippen molar-refractivity contribution in [3.63, 3.8) is 0 Å². The van der Waals surface area contributed by atoms with Gasteiger partial charge in [-0.2, -0.15) is 4.98 Å². The Morgan fingerprint density at radius 2 is 2.00 bits per heavy atom. The summed E-state index contributed by atoms with van der Waals surface area (Å²) >= 11 is 0. The molecule has 0 aromatic carbocycles. The topological polar surface area (TPSA) is 73.8 Å². The van der Waals surface area contributed by atoms with E-state index in [1.807, 2.05) is 11.5 Å². The van der Waals surface area contributed by atoms with Crippen LogP contribution < -0.4 is 16.6 Å². The first kappa shape index (κ1) is 10.1. The zero-order chi connectivity index (χ0) is 12.3. The van der Waals surface area contributed by atoms with Crippen molar-refractivity contribution in [3.05, 3.63) is 20.8 Å². The summed E-state index contributed by atoms with van der Waals surface area (Å²) in [6.07, 6.45) is 0. The molecule has 0 bridgehead atoms. The highest BCUT2D eigenvalue weighted by Crippen LogP contribution is 2.26. The number of nitrogens with zero attached hydrogens (tertiary/aromatic N) is 4. The van der Waals surface area contributed by atoms with Gasteiger partial charge in [-0.05, 0) is 6.92 Å². The van der Waals surface area contributed by atoms with Crippen LogP contribution in [0.2, 0.25) is 0 Å². The Morgan fingerprint density at radius 3 is 2.71 bits per heavy atom. The molecule has 0 amide bonds. The highest BCUT2D eigenvalue weighted by Gasteiger charge is 2.26. The minimum Gasteiger partial charge on any atom is -0.353 e. The van der Waals surface area contributed by atoms with E-state index >= 15 is 0 Å². The molecule has 1 N–H and O–H groups in total. The lowest BCUT2D eigenvalue weighted by molar-refractivity contribution is 0.637. The van der Waals surface area contributed by atoms with Crippen LogP contribution in [-0.2, 0) is 14.1 Å². The van der Waals surface area contributed by atoms with Gasteiger partial charge in [0.1, 0.15) is 0 Å². The van der Waals surface area contributed by atoms with Crippen LogP contribution in [0.3, 0.4) is 0 Å². The van der Waals surface area contributed by atoms with Gasteiger partial charge in [-0.25, -0.2) is 4.79 Å². The van der Waals surface area contributed by atoms with E-state index in [9.17, 15) is 9.59 Å². The third-order valence-corrected chi connectivity index (χ3v) is 3.29. The third kappa shape index (κ3) is 1.08. The lowest BCUT2D eigenvalue weighted by atomic mass is 10.3. The van der Waals surface area contributed by atoms with Gasteiger partial charge in [0, 0.05) is 20.6 Å². The van der Waals surface area contributed by atoms with Crippen molar-refractivity contribution >= 4 is 17.1 Å². The first-order chi connectivity index (χ1) is 8.02. The summed E-state index contributed by atoms with van der Waals surface area (Å²) in [7, 11) is 3.11. The highest BCUT2D eigenvalue weighted by molar-refractivity contribution is 5.75. The van der Waals surface area contributed by atoms with Gasteiger partial charge in [-0.3, -0.25) is 18.5 Å². The zero-order valence-corrected chi connectivity index (χ0v) is 9.89. The molecule has 7 nitrogen and oxygen atoms in total. The van der Waals surface area contributed by atoms with E-state index in [2.05, 4.69) is 10.3 Å². The number of nitrogens with one attached hydrogen (secondary N) is 1. The molecule has 90 valence electrons. The van der Waals surface area contributed by atoms with Crippen molar-refractivity contribution < 1.29 is 0 Å². The van der Waals surface area contributed by atoms with Crippen molar-refractivity contribution in [2.24, 2.45) is 14.1 Å². The van der Waals surface area contributed by atoms with Gasteiger partial charge in [0.15, 0.2) is 11.2 Å². The third-order valence-electron chi connectivity index (χ3n) is 3.29. The normalized spacial score (nSPS) is 18.4. The summed E-state index contributed by atoms with van der Waals surface area (Å²) in [5.74, 6) is 0.658. The molecular formula is C10H13N5O2. The Bertz CT molecular complexity index is 736. The molecule has 2 aromatic rings. The Hall–Kier alpha value is -2.05. The standard InChI is InChI=1S/C10H13N5O2/c1-5-4-11-9-12-7-6(15(5)9)8(16)14(3)10(17)13(7)2/h5H,4H2,1-3H3,(H,11,12)/t5-/m1/s1. The molecule has 1 aliphatic heterocycles. The van der Waals surface area contributed by atoms with E-state index in [1.54, 1.807) is 7.05 Å². The minimum atomic E-state index is -0.355. The molecule has 3 heterocycles. The van der Waals surface area contributed by atoms with Gasteiger partial charge in [0.2, 0.25) is 5.95 Å². The van der Waals surface area contributed by atoms with E-state index < -0.39 is 0 Å². The fourth-order valence-electron chi connectivity index (χ4n) is 2.30. The van der Waals surface area contributed by atoms with Gasteiger partial charge in [0.25, 0.3) is 5.56 Å². The number of anilines is 1. The van der Waals surface area contributed by atoms with E-state index in [0.29, 0.717) is 17.1 Å². The van der Waals surface area contributed by atoms with E-state index in [4.69, 9.17) is 0 Å². The number of rotatable bonds is 0. The van der Waals surface area contributed by atoms with Crippen LogP contribution in [0.1, 0.15) is 13.0 Å². The van der Waals surface area contributed by atoms with Gasteiger partial charge in [-0.1, -0.05) is 0 Å². The number of imidazole rings is 1. The van der Waals surface area contributed by atoms with Crippen LogP contribution in [0.5, 0.6) is 0 Å². The molecule has 7 heteroatoms. The second-order valence-electron chi connectivity index (χ2n) is 4.41. The molecule has 17 heavy (non-hydrogen) atoms. The highest BCUT2D eigenvalue weighted by atomic mass is 16.2. The molecule has 0 radical (unpaired) electrons. The molecule has 0 unspecified atom stereocenters. The quantitative estimate of drug-likeness (QED) is 0.663. The summed E-state index contributed by atoms with van der Waals surface area (Å²) in [6, 6.07) is 0.167. The van der Waals surface area contributed by atoms with Gasteiger partial charge in [0.05, 0.1) is 6.04 Å². The first-order valence-corrected chi connectivity index (χ1v) is 5.44. The average molecular weight is 235 g/mol. The maximum atomic E-state index is 12.1. The molecular weight excluding hydrogens is 222 g/mol. The monoisotopic (exact) mass is 235 g/mol. The minimum absolute atomic E-state index is 0.167. The predicted octanol–water partition coefficient (Wildman–Crippen LogP) is -0.580. The Balaban J connectivity index is 2.60. The summed E-state index contributed by atoms with van der Waals surface area (Å²) in [5.41, 5.74) is 0.276. The number of hydrogen-bond acceptors (Lipinski definition) is 4. The first-order valence-electron chi connectivity index (χ1n) is 5.44. The van der Waals surface area contributed by atoms with Crippen LogP contribution in [0.4, 0.5) is 5.95 Å². The summed E-state index contributed by atoms with van der Waals surface area (Å²) in [4.78, 5) is 28.2. The zero-order valence-electron chi connectivity index (χ0n) is 9.89. The second kappa shape index (κ2) is 2.99. The van der Waals surface area contributed by atoms with Crippen LogP contribution in [0, 0.1) is 0 Å².